The van der Waals surface area contributed by atoms with Gasteiger partial charge in [-0.1, -0.05) is 30.3 Å². The van der Waals surface area contributed by atoms with Crippen molar-refractivity contribution >= 4 is 5.69 Å². The van der Waals surface area contributed by atoms with Crippen molar-refractivity contribution < 1.29 is 4.74 Å². The Kier molecular flexibility index (Phi) is 4.05. The van der Waals surface area contributed by atoms with E-state index >= 15 is 0 Å². The van der Waals surface area contributed by atoms with Gasteiger partial charge in [0, 0.05) is 20.3 Å². The van der Waals surface area contributed by atoms with Crippen LogP contribution in [0.25, 0.3) is 0 Å². The highest BCUT2D eigenvalue weighted by molar-refractivity contribution is 5.55. The number of aromatic nitrogens is 1. The molecule has 0 bridgehead atoms. The molecule has 0 spiro atoms. The van der Waals surface area contributed by atoms with Crippen LogP contribution in [0.3, 0.4) is 0 Å². The van der Waals surface area contributed by atoms with Crippen molar-refractivity contribution in [2.75, 3.05) is 19.0 Å². The number of anilines is 1. The van der Waals surface area contributed by atoms with Crippen LogP contribution in [-0.2, 0) is 0 Å². The van der Waals surface area contributed by atoms with Crippen molar-refractivity contribution in [3.8, 4) is 5.88 Å². The largest absolute Gasteiger partial charge is 0.468 e. The minimum absolute atomic E-state index is 0.0184. The first-order chi connectivity index (χ1) is 9.08. The molecule has 0 aliphatic carbocycles. The van der Waals surface area contributed by atoms with E-state index in [1.807, 2.05) is 57.2 Å². The summed E-state index contributed by atoms with van der Waals surface area (Å²) in [6.45, 7) is 4.07. The summed E-state index contributed by atoms with van der Waals surface area (Å²) in [5, 5.41) is 0. The molecule has 2 aromatic rings. The van der Waals surface area contributed by atoms with Crippen molar-refractivity contribution in [1.82, 2.24) is 4.98 Å². The lowest BCUT2D eigenvalue weighted by atomic mass is 10.1. The summed E-state index contributed by atoms with van der Waals surface area (Å²) in [5.74, 6) is 0.673. The molecule has 0 aliphatic heterocycles. The summed E-state index contributed by atoms with van der Waals surface area (Å²) >= 11 is 0. The maximum absolute atomic E-state index is 6.00. The van der Waals surface area contributed by atoms with Crippen LogP contribution in [0.5, 0.6) is 5.88 Å². The van der Waals surface area contributed by atoms with E-state index in [-0.39, 0.29) is 6.10 Å². The Morgan fingerprint density at radius 3 is 2.47 bits per heavy atom. The van der Waals surface area contributed by atoms with Gasteiger partial charge in [-0.3, -0.25) is 0 Å². The summed E-state index contributed by atoms with van der Waals surface area (Å²) in [4.78, 5) is 6.42. The molecule has 0 aliphatic rings. The molecule has 1 aromatic heterocycles. The fourth-order valence-electron chi connectivity index (χ4n) is 1.91. The zero-order valence-corrected chi connectivity index (χ0v) is 11.9. The quantitative estimate of drug-likeness (QED) is 0.835. The van der Waals surface area contributed by atoms with Gasteiger partial charge in [-0.05, 0) is 31.0 Å². The molecular formula is C16H20N2O. The third kappa shape index (κ3) is 3.25. The van der Waals surface area contributed by atoms with Crippen molar-refractivity contribution in [3.63, 3.8) is 0 Å². The van der Waals surface area contributed by atoms with E-state index in [1.54, 1.807) is 0 Å². The van der Waals surface area contributed by atoms with Crippen LogP contribution in [0, 0.1) is 6.92 Å². The first kappa shape index (κ1) is 13.4. The SMILES string of the molecule is Cc1cnc(O[C@@H](C)c2ccccc2)c(N(C)C)c1. The van der Waals surface area contributed by atoms with Gasteiger partial charge in [0.1, 0.15) is 6.10 Å². The number of pyridine rings is 1. The van der Waals surface area contributed by atoms with Crippen molar-refractivity contribution in [3.05, 3.63) is 53.7 Å². The van der Waals surface area contributed by atoms with Gasteiger partial charge >= 0.3 is 0 Å². The fraction of sp³-hybridized carbons (Fsp3) is 0.312. The summed E-state index contributed by atoms with van der Waals surface area (Å²) in [5.41, 5.74) is 3.28. The predicted molar refractivity (Wildman–Crippen MR) is 78.8 cm³/mol. The van der Waals surface area contributed by atoms with Gasteiger partial charge in [0.25, 0.3) is 0 Å². The zero-order chi connectivity index (χ0) is 13.8. The lowest BCUT2D eigenvalue weighted by molar-refractivity contribution is 0.218. The number of rotatable bonds is 4. The maximum atomic E-state index is 6.00. The molecule has 0 N–H and O–H groups in total. The molecule has 3 heteroatoms. The Morgan fingerprint density at radius 2 is 1.84 bits per heavy atom. The van der Waals surface area contributed by atoms with E-state index in [2.05, 4.69) is 23.2 Å². The average molecular weight is 256 g/mol. The molecule has 2 rings (SSSR count). The highest BCUT2D eigenvalue weighted by Gasteiger charge is 2.13. The van der Waals surface area contributed by atoms with E-state index in [0.29, 0.717) is 5.88 Å². The topological polar surface area (TPSA) is 25.4 Å². The van der Waals surface area contributed by atoms with E-state index in [4.69, 9.17) is 4.74 Å². The molecule has 1 heterocycles. The first-order valence-electron chi connectivity index (χ1n) is 6.43. The average Bonchev–Trinajstić information content (AvgIpc) is 2.41. The highest BCUT2D eigenvalue weighted by atomic mass is 16.5. The van der Waals surface area contributed by atoms with E-state index < -0.39 is 0 Å². The Morgan fingerprint density at radius 1 is 1.16 bits per heavy atom. The van der Waals surface area contributed by atoms with Gasteiger partial charge in [0.2, 0.25) is 5.88 Å². The van der Waals surface area contributed by atoms with Crippen molar-refractivity contribution in [2.24, 2.45) is 0 Å². The van der Waals surface area contributed by atoms with Crippen LogP contribution in [0.1, 0.15) is 24.2 Å². The number of ether oxygens (including phenoxy) is 1. The van der Waals surface area contributed by atoms with Gasteiger partial charge < -0.3 is 9.64 Å². The molecule has 0 amide bonds. The predicted octanol–water partition coefficient (Wildman–Crippen LogP) is 3.60. The van der Waals surface area contributed by atoms with E-state index in [1.165, 1.54) is 0 Å². The fourth-order valence-corrected chi connectivity index (χ4v) is 1.91. The smallest absolute Gasteiger partial charge is 0.238 e. The van der Waals surface area contributed by atoms with Gasteiger partial charge in [-0.25, -0.2) is 4.98 Å². The Balaban J connectivity index is 2.24. The number of hydrogen-bond donors (Lipinski definition) is 0. The summed E-state index contributed by atoms with van der Waals surface area (Å²) in [6.07, 6.45) is 1.81. The van der Waals surface area contributed by atoms with Crippen LogP contribution in [0.4, 0.5) is 5.69 Å². The Labute approximate surface area is 114 Å². The van der Waals surface area contributed by atoms with Gasteiger partial charge in [-0.15, -0.1) is 0 Å². The lowest BCUT2D eigenvalue weighted by Crippen LogP contribution is -2.13. The van der Waals surface area contributed by atoms with Crippen LogP contribution < -0.4 is 9.64 Å². The molecule has 1 aromatic carbocycles. The summed E-state index contributed by atoms with van der Waals surface area (Å²) < 4.78 is 6.00. The summed E-state index contributed by atoms with van der Waals surface area (Å²) in [7, 11) is 3.99. The third-order valence-electron chi connectivity index (χ3n) is 3.01. The monoisotopic (exact) mass is 256 g/mol. The van der Waals surface area contributed by atoms with Crippen LogP contribution in [0.2, 0.25) is 0 Å². The number of aryl methyl sites for hydroxylation is 1. The third-order valence-corrected chi connectivity index (χ3v) is 3.01. The minimum atomic E-state index is -0.0184. The van der Waals surface area contributed by atoms with E-state index in [9.17, 15) is 0 Å². The molecular weight excluding hydrogens is 236 g/mol. The molecule has 1 atom stereocenters. The second-order valence-corrected chi connectivity index (χ2v) is 4.90. The van der Waals surface area contributed by atoms with Gasteiger partial charge in [0.15, 0.2) is 0 Å². The molecule has 0 unspecified atom stereocenters. The van der Waals surface area contributed by atoms with Crippen molar-refractivity contribution in [1.29, 1.82) is 0 Å². The first-order valence-corrected chi connectivity index (χ1v) is 6.43. The lowest BCUT2D eigenvalue weighted by Gasteiger charge is -2.20. The second-order valence-electron chi connectivity index (χ2n) is 4.90. The normalized spacial score (nSPS) is 12.0. The molecule has 100 valence electrons. The molecule has 0 fully saturated rings. The van der Waals surface area contributed by atoms with Crippen LogP contribution in [0.15, 0.2) is 42.6 Å². The van der Waals surface area contributed by atoms with Crippen LogP contribution in [-0.4, -0.2) is 19.1 Å². The zero-order valence-electron chi connectivity index (χ0n) is 11.9. The Hall–Kier alpha value is -2.03. The Bertz CT molecular complexity index is 538. The van der Waals surface area contributed by atoms with E-state index in [0.717, 1.165) is 16.8 Å². The molecule has 0 radical (unpaired) electrons. The number of nitrogens with zero attached hydrogens (tertiary/aromatic N) is 2. The van der Waals surface area contributed by atoms with Gasteiger partial charge in [0.05, 0.1) is 5.69 Å². The van der Waals surface area contributed by atoms with Gasteiger partial charge in [-0.2, -0.15) is 0 Å². The second kappa shape index (κ2) is 5.74. The number of hydrogen-bond acceptors (Lipinski definition) is 3. The number of benzene rings is 1. The molecule has 19 heavy (non-hydrogen) atoms. The van der Waals surface area contributed by atoms with Crippen molar-refractivity contribution in [2.45, 2.75) is 20.0 Å². The molecule has 0 saturated heterocycles. The standard InChI is InChI=1S/C16H20N2O/c1-12-10-15(18(3)4)16(17-11-12)19-13(2)14-8-6-5-7-9-14/h5-11,13H,1-4H3/t13-/m0/s1. The van der Waals surface area contributed by atoms with Crippen LogP contribution >= 0.6 is 0 Å². The maximum Gasteiger partial charge on any atom is 0.238 e. The molecule has 0 saturated carbocycles. The summed E-state index contributed by atoms with van der Waals surface area (Å²) in [6, 6.07) is 12.3. The minimum Gasteiger partial charge on any atom is -0.468 e. The highest BCUT2D eigenvalue weighted by Crippen LogP contribution is 2.29. The molecule has 3 nitrogen and oxygen atoms in total.